The first-order valence-electron chi connectivity index (χ1n) is 5.18. The van der Waals surface area contributed by atoms with E-state index in [0.29, 0.717) is 25.2 Å². The molecule has 1 atom stereocenters. The molecule has 0 aromatic rings. The number of rotatable bonds is 7. The number of hydrogen-bond acceptors (Lipinski definition) is 3. The van der Waals surface area contributed by atoms with E-state index in [4.69, 9.17) is 11.5 Å². The van der Waals surface area contributed by atoms with Crippen LogP contribution in [-0.2, 0) is 4.79 Å². The summed E-state index contributed by atoms with van der Waals surface area (Å²) >= 11 is 0. The number of carbonyl (C=O) groups is 1. The quantitative estimate of drug-likeness (QED) is 0.362. The van der Waals surface area contributed by atoms with Crippen LogP contribution in [0.15, 0.2) is 4.99 Å². The molecule has 14 heavy (non-hydrogen) atoms. The molecule has 0 rings (SSSR count). The van der Waals surface area contributed by atoms with Gasteiger partial charge in [0.25, 0.3) is 0 Å². The third-order valence-corrected chi connectivity index (χ3v) is 2.11. The van der Waals surface area contributed by atoms with E-state index in [1.165, 1.54) is 0 Å². The van der Waals surface area contributed by atoms with Gasteiger partial charge < -0.3 is 11.5 Å². The van der Waals surface area contributed by atoms with Crippen LogP contribution in [0.5, 0.6) is 0 Å². The van der Waals surface area contributed by atoms with E-state index >= 15 is 0 Å². The van der Waals surface area contributed by atoms with Crippen molar-refractivity contribution in [3.63, 3.8) is 0 Å². The van der Waals surface area contributed by atoms with E-state index in [0.717, 1.165) is 12.8 Å². The predicted molar refractivity (Wildman–Crippen MR) is 59.3 cm³/mol. The van der Waals surface area contributed by atoms with Crippen LogP contribution in [0.2, 0.25) is 0 Å². The van der Waals surface area contributed by atoms with Crippen molar-refractivity contribution in [3.05, 3.63) is 0 Å². The molecule has 0 aromatic carbocycles. The summed E-state index contributed by atoms with van der Waals surface area (Å²) in [5.74, 6) is 0.790. The molecule has 0 saturated heterocycles. The van der Waals surface area contributed by atoms with Crippen molar-refractivity contribution in [1.82, 2.24) is 0 Å². The highest BCUT2D eigenvalue weighted by atomic mass is 16.1. The Bertz CT molecular complexity index is 202. The van der Waals surface area contributed by atoms with Gasteiger partial charge in [-0.05, 0) is 12.8 Å². The highest BCUT2D eigenvalue weighted by Gasteiger charge is 2.09. The van der Waals surface area contributed by atoms with Crippen LogP contribution in [-0.4, -0.2) is 24.2 Å². The Balaban J connectivity index is 3.59. The lowest BCUT2D eigenvalue weighted by molar-refractivity contribution is -0.120. The zero-order chi connectivity index (χ0) is 11.0. The van der Waals surface area contributed by atoms with Gasteiger partial charge in [-0.1, -0.05) is 13.8 Å². The van der Waals surface area contributed by atoms with Gasteiger partial charge in [0.2, 0.25) is 0 Å². The summed E-state index contributed by atoms with van der Waals surface area (Å²) in [7, 11) is 0. The molecule has 82 valence electrons. The SMILES string of the molecule is CCC(=O)[C@@H](N)CCCN=C(N)CC. The van der Waals surface area contributed by atoms with Gasteiger partial charge in [-0.15, -0.1) is 0 Å². The monoisotopic (exact) mass is 199 g/mol. The third-order valence-electron chi connectivity index (χ3n) is 2.11. The summed E-state index contributed by atoms with van der Waals surface area (Å²) in [6.45, 7) is 4.46. The van der Waals surface area contributed by atoms with Crippen LogP contribution >= 0.6 is 0 Å². The number of nitrogens with two attached hydrogens (primary N) is 2. The van der Waals surface area contributed by atoms with E-state index in [2.05, 4.69) is 4.99 Å². The Hall–Kier alpha value is -0.900. The molecule has 0 heterocycles. The molecule has 4 nitrogen and oxygen atoms in total. The molecule has 0 fully saturated rings. The van der Waals surface area contributed by atoms with E-state index < -0.39 is 0 Å². The minimum atomic E-state index is -0.321. The van der Waals surface area contributed by atoms with Crippen LogP contribution in [0.3, 0.4) is 0 Å². The largest absolute Gasteiger partial charge is 0.387 e. The summed E-state index contributed by atoms with van der Waals surface area (Å²) in [6.07, 6.45) is 2.82. The number of hydrogen-bond donors (Lipinski definition) is 2. The van der Waals surface area contributed by atoms with Crippen molar-refractivity contribution in [1.29, 1.82) is 0 Å². The molecule has 0 aliphatic carbocycles. The molecule has 0 saturated carbocycles. The predicted octanol–water partition coefficient (Wildman–Crippen LogP) is 0.840. The van der Waals surface area contributed by atoms with Crippen molar-refractivity contribution in [2.45, 2.75) is 45.6 Å². The maximum Gasteiger partial charge on any atom is 0.149 e. The average molecular weight is 199 g/mol. The van der Waals surface area contributed by atoms with Gasteiger partial charge in [0.1, 0.15) is 5.78 Å². The first kappa shape index (κ1) is 13.1. The maximum atomic E-state index is 11.1. The van der Waals surface area contributed by atoms with Crippen molar-refractivity contribution in [3.8, 4) is 0 Å². The Morgan fingerprint density at radius 2 is 2.00 bits per heavy atom. The Morgan fingerprint density at radius 3 is 2.50 bits per heavy atom. The summed E-state index contributed by atoms with van der Waals surface area (Å²) in [5.41, 5.74) is 11.2. The fraction of sp³-hybridized carbons (Fsp3) is 0.800. The molecule has 0 aliphatic rings. The van der Waals surface area contributed by atoms with Crippen LogP contribution in [0.25, 0.3) is 0 Å². The van der Waals surface area contributed by atoms with Gasteiger partial charge >= 0.3 is 0 Å². The Kier molecular flexibility index (Phi) is 7.02. The Morgan fingerprint density at radius 1 is 1.36 bits per heavy atom. The van der Waals surface area contributed by atoms with Crippen LogP contribution in [0.4, 0.5) is 0 Å². The molecule has 0 unspecified atom stereocenters. The summed E-state index contributed by atoms with van der Waals surface area (Å²) in [4.78, 5) is 15.2. The fourth-order valence-electron chi connectivity index (χ4n) is 1.07. The lowest BCUT2D eigenvalue weighted by Gasteiger charge is -2.07. The van der Waals surface area contributed by atoms with Gasteiger partial charge in [0.15, 0.2) is 0 Å². The Labute approximate surface area is 85.8 Å². The average Bonchev–Trinajstić information content (AvgIpc) is 2.22. The van der Waals surface area contributed by atoms with Gasteiger partial charge in [-0.2, -0.15) is 0 Å². The number of ketones is 1. The van der Waals surface area contributed by atoms with Gasteiger partial charge in [0, 0.05) is 19.4 Å². The third kappa shape index (κ3) is 5.70. The van der Waals surface area contributed by atoms with Crippen molar-refractivity contribution < 1.29 is 4.79 Å². The molecule has 4 heteroatoms. The van der Waals surface area contributed by atoms with E-state index in [9.17, 15) is 4.79 Å². The second kappa shape index (κ2) is 7.50. The molecular formula is C10H21N3O. The normalized spacial score (nSPS) is 14.1. The van der Waals surface area contributed by atoms with Gasteiger partial charge in [-0.25, -0.2) is 0 Å². The number of amidine groups is 1. The number of nitrogens with zero attached hydrogens (tertiary/aromatic N) is 1. The van der Waals surface area contributed by atoms with Crippen molar-refractivity contribution >= 4 is 11.6 Å². The lowest BCUT2D eigenvalue weighted by Crippen LogP contribution is -2.29. The zero-order valence-corrected chi connectivity index (χ0v) is 9.12. The number of carbonyl (C=O) groups excluding carboxylic acids is 1. The molecule has 0 radical (unpaired) electrons. The second-order valence-electron chi connectivity index (χ2n) is 3.30. The van der Waals surface area contributed by atoms with E-state index in [1.807, 2.05) is 13.8 Å². The second-order valence-corrected chi connectivity index (χ2v) is 3.30. The minimum Gasteiger partial charge on any atom is -0.387 e. The summed E-state index contributed by atoms with van der Waals surface area (Å²) in [5, 5.41) is 0. The smallest absolute Gasteiger partial charge is 0.149 e. The summed E-state index contributed by atoms with van der Waals surface area (Å²) < 4.78 is 0. The highest BCUT2D eigenvalue weighted by Crippen LogP contribution is 1.98. The number of aliphatic imine (C=N–C) groups is 1. The van der Waals surface area contributed by atoms with E-state index in [-0.39, 0.29) is 11.8 Å². The molecule has 0 amide bonds. The lowest BCUT2D eigenvalue weighted by atomic mass is 10.1. The highest BCUT2D eigenvalue weighted by molar-refractivity contribution is 5.83. The summed E-state index contributed by atoms with van der Waals surface area (Å²) in [6, 6.07) is -0.321. The topological polar surface area (TPSA) is 81.5 Å². The van der Waals surface area contributed by atoms with E-state index in [1.54, 1.807) is 0 Å². The van der Waals surface area contributed by atoms with Crippen molar-refractivity contribution in [2.75, 3.05) is 6.54 Å². The molecular weight excluding hydrogens is 178 g/mol. The standard InChI is InChI=1S/C10H21N3O/c1-3-9(14)8(11)6-5-7-13-10(12)4-2/h8H,3-7,11H2,1-2H3,(H2,12,13)/t8-/m0/s1. The van der Waals surface area contributed by atoms with Gasteiger partial charge in [-0.3, -0.25) is 9.79 Å². The van der Waals surface area contributed by atoms with Crippen LogP contribution < -0.4 is 11.5 Å². The molecule has 4 N–H and O–H groups in total. The molecule has 0 bridgehead atoms. The molecule has 0 spiro atoms. The fourth-order valence-corrected chi connectivity index (χ4v) is 1.07. The number of Topliss-reactive ketones (excluding diaryl/α,β-unsaturated/α-hetero) is 1. The van der Waals surface area contributed by atoms with Crippen LogP contribution in [0.1, 0.15) is 39.5 Å². The van der Waals surface area contributed by atoms with Crippen molar-refractivity contribution in [2.24, 2.45) is 16.5 Å². The van der Waals surface area contributed by atoms with Gasteiger partial charge in [0.05, 0.1) is 11.9 Å². The minimum absolute atomic E-state index is 0.123. The zero-order valence-electron chi connectivity index (χ0n) is 9.12. The first-order chi connectivity index (χ1) is 6.61. The molecule has 0 aromatic heterocycles. The van der Waals surface area contributed by atoms with Crippen LogP contribution in [0, 0.1) is 0 Å². The molecule has 0 aliphatic heterocycles. The maximum absolute atomic E-state index is 11.1. The first-order valence-corrected chi connectivity index (χ1v) is 5.18.